The minimum Gasteiger partial charge on any atom is -0.306 e. The monoisotopic (exact) mass is 293 g/mol. The van der Waals surface area contributed by atoms with E-state index in [4.69, 9.17) is 23.2 Å². The fraction of sp³-hybridized carbons (Fsp3) is 0.250. The van der Waals surface area contributed by atoms with Gasteiger partial charge in [0.15, 0.2) is 0 Å². The van der Waals surface area contributed by atoms with Crippen molar-refractivity contribution < 1.29 is 0 Å². The minimum absolute atomic E-state index is 0.274. The summed E-state index contributed by atoms with van der Waals surface area (Å²) in [7, 11) is 0. The normalized spacial score (nSPS) is 12.4. The summed E-state index contributed by atoms with van der Waals surface area (Å²) >= 11 is 12.2. The molecule has 19 heavy (non-hydrogen) atoms. The number of benzene rings is 2. The van der Waals surface area contributed by atoms with E-state index in [1.807, 2.05) is 12.1 Å². The van der Waals surface area contributed by atoms with Gasteiger partial charge in [-0.2, -0.15) is 0 Å². The van der Waals surface area contributed by atoms with Gasteiger partial charge in [0, 0.05) is 12.6 Å². The zero-order chi connectivity index (χ0) is 13.8. The van der Waals surface area contributed by atoms with Crippen LogP contribution in [0.3, 0.4) is 0 Å². The summed E-state index contributed by atoms with van der Waals surface area (Å²) < 4.78 is 0. The molecule has 2 aromatic rings. The quantitative estimate of drug-likeness (QED) is 0.822. The Hall–Kier alpha value is -1.02. The van der Waals surface area contributed by atoms with E-state index < -0.39 is 0 Å². The first-order chi connectivity index (χ1) is 9.08. The highest BCUT2D eigenvalue weighted by Gasteiger charge is 2.07. The third-order valence-electron chi connectivity index (χ3n) is 3.21. The molecular formula is C16H17Cl2N. The lowest BCUT2D eigenvalue weighted by atomic mass is 10.1. The lowest BCUT2D eigenvalue weighted by Gasteiger charge is -2.15. The highest BCUT2D eigenvalue weighted by atomic mass is 35.5. The van der Waals surface area contributed by atoms with Crippen LogP contribution in [0.25, 0.3) is 0 Å². The number of nitrogens with one attached hydrogen (secondary N) is 1. The maximum absolute atomic E-state index is 6.17. The summed E-state index contributed by atoms with van der Waals surface area (Å²) in [5.74, 6) is 0. The molecule has 0 aliphatic rings. The summed E-state index contributed by atoms with van der Waals surface area (Å²) in [5.41, 5.74) is 3.56. The number of hydrogen-bond acceptors (Lipinski definition) is 1. The molecule has 2 rings (SSSR count). The summed E-state index contributed by atoms with van der Waals surface area (Å²) in [5, 5.41) is 4.69. The summed E-state index contributed by atoms with van der Waals surface area (Å²) in [6.07, 6.45) is 0. The third kappa shape index (κ3) is 3.73. The van der Waals surface area contributed by atoms with Gasteiger partial charge in [0.05, 0.1) is 10.0 Å². The molecule has 0 heterocycles. The average Bonchev–Trinajstić information content (AvgIpc) is 2.41. The Morgan fingerprint density at radius 1 is 1.05 bits per heavy atom. The van der Waals surface area contributed by atoms with Gasteiger partial charge >= 0.3 is 0 Å². The van der Waals surface area contributed by atoms with E-state index in [9.17, 15) is 0 Å². The Balaban J connectivity index is 2.02. The van der Waals surface area contributed by atoms with Crippen LogP contribution >= 0.6 is 23.2 Å². The molecule has 0 saturated carbocycles. The van der Waals surface area contributed by atoms with Crippen molar-refractivity contribution in [3.8, 4) is 0 Å². The van der Waals surface area contributed by atoms with Crippen LogP contribution < -0.4 is 5.32 Å². The zero-order valence-corrected chi connectivity index (χ0v) is 12.6. The van der Waals surface area contributed by atoms with Crippen molar-refractivity contribution in [3.63, 3.8) is 0 Å². The molecule has 1 nitrogen and oxygen atoms in total. The van der Waals surface area contributed by atoms with Gasteiger partial charge in [-0.15, -0.1) is 0 Å². The molecule has 2 aromatic carbocycles. The predicted octanol–water partition coefficient (Wildman–Crippen LogP) is 5.15. The number of hydrogen-bond donors (Lipinski definition) is 1. The molecular weight excluding hydrogens is 277 g/mol. The molecule has 0 aliphatic carbocycles. The molecule has 1 atom stereocenters. The van der Waals surface area contributed by atoms with Gasteiger partial charge in [0.25, 0.3) is 0 Å². The SMILES string of the molecule is Cc1ccc([C@@H](C)NCc2cccc(Cl)c2Cl)cc1. The van der Waals surface area contributed by atoms with Gasteiger partial charge in [-0.3, -0.25) is 0 Å². The molecule has 0 fully saturated rings. The second kappa shape index (κ2) is 6.42. The van der Waals surface area contributed by atoms with Crippen LogP contribution in [-0.4, -0.2) is 0 Å². The van der Waals surface area contributed by atoms with Crippen molar-refractivity contribution in [2.75, 3.05) is 0 Å². The van der Waals surface area contributed by atoms with E-state index >= 15 is 0 Å². The minimum atomic E-state index is 0.274. The van der Waals surface area contributed by atoms with E-state index in [2.05, 4.69) is 43.4 Å². The number of halogens is 2. The zero-order valence-electron chi connectivity index (χ0n) is 11.1. The molecule has 0 saturated heterocycles. The van der Waals surface area contributed by atoms with Gasteiger partial charge in [-0.05, 0) is 31.0 Å². The molecule has 0 radical (unpaired) electrons. The molecule has 0 aliphatic heterocycles. The maximum atomic E-state index is 6.17. The van der Waals surface area contributed by atoms with E-state index in [0.717, 1.165) is 5.56 Å². The van der Waals surface area contributed by atoms with Crippen molar-refractivity contribution >= 4 is 23.2 Å². The largest absolute Gasteiger partial charge is 0.306 e. The number of rotatable bonds is 4. The van der Waals surface area contributed by atoms with Gasteiger partial charge in [-0.1, -0.05) is 65.2 Å². The van der Waals surface area contributed by atoms with Crippen molar-refractivity contribution in [2.45, 2.75) is 26.4 Å². The molecule has 0 amide bonds. The second-order valence-corrected chi connectivity index (χ2v) is 5.51. The fourth-order valence-corrected chi connectivity index (χ4v) is 2.31. The molecule has 1 N–H and O–H groups in total. The lowest BCUT2D eigenvalue weighted by Crippen LogP contribution is -2.18. The van der Waals surface area contributed by atoms with Crippen LogP contribution in [0.4, 0.5) is 0 Å². The highest BCUT2D eigenvalue weighted by molar-refractivity contribution is 6.42. The summed E-state index contributed by atoms with van der Waals surface area (Å²) in [6.45, 7) is 4.94. The van der Waals surface area contributed by atoms with Gasteiger partial charge in [0.2, 0.25) is 0 Å². The Bertz CT molecular complexity index is 549. The van der Waals surface area contributed by atoms with Gasteiger partial charge < -0.3 is 5.32 Å². The second-order valence-electron chi connectivity index (χ2n) is 4.73. The van der Waals surface area contributed by atoms with Crippen LogP contribution in [0.1, 0.15) is 29.7 Å². The Kier molecular flexibility index (Phi) is 4.87. The molecule has 0 spiro atoms. The first kappa shape index (κ1) is 14.4. The van der Waals surface area contributed by atoms with Crippen molar-refractivity contribution in [1.29, 1.82) is 0 Å². The van der Waals surface area contributed by atoms with Crippen molar-refractivity contribution in [3.05, 3.63) is 69.2 Å². The number of aryl methyl sites for hydroxylation is 1. The van der Waals surface area contributed by atoms with Crippen LogP contribution in [0, 0.1) is 6.92 Å². The standard InChI is InChI=1S/C16H17Cl2N/c1-11-6-8-13(9-7-11)12(2)19-10-14-4-3-5-15(17)16(14)18/h3-9,12,19H,10H2,1-2H3/t12-/m1/s1. The predicted molar refractivity (Wildman–Crippen MR) is 82.9 cm³/mol. The molecule has 0 aromatic heterocycles. The lowest BCUT2D eigenvalue weighted by molar-refractivity contribution is 0.575. The van der Waals surface area contributed by atoms with E-state index in [0.29, 0.717) is 16.6 Å². The van der Waals surface area contributed by atoms with E-state index in [1.165, 1.54) is 11.1 Å². The van der Waals surface area contributed by atoms with Crippen molar-refractivity contribution in [1.82, 2.24) is 5.32 Å². The van der Waals surface area contributed by atoms with Gasteiger partial charge in [0.1, 0.15) is 0 Å². The molecule has 0 bridgehead atoms. The van der Waals surface area contributed by atoms with Gasteiger partial charge in [-0.25, -0.2) is 0 Å². The molecule has 3 heteroatoms. The Labute approximate surface area is 124 Å². The summed E-state index contributed by atoms with van der Waals surface area (Å²) in [4.78, 5) is 0. The first-order valence-electron chi connectivity index (χ1n) is 6.31. The van der Waals surface area contributed by atoms with Crippen molar-refractivity contribution in [2.24, 2.45) is 0 Å². The Morgan fingerprint density at radius 3 is 2.42 bits per heavy atom. The maximum Gasteiger partial charge on any atom is 0.0637 e. The first-order valence-corrected chi connectivity index (χ1v) is 7.06. The topological polar surface area (TPSA) is 12.0 Å². The Morgan fingerprint density at radius 2 is 1.74 bits per heavy atom. The molecule has 100 valence electrons. The van der Waals surface area contributed by atoms with E-state index in [1.54, 1.807) is 6.07 Å². The van der Waals surface area contributed by atoms with E-state index in [-0.39, 0.29) is 6.04 Å². The third-order valence-corrected chi connectivity index (χ3v) is 4.07. The van der Waals surface area contributed by atoms with Crippen LogP contribution in [0.15, 0.2) is 42.5 Å². The van der Waals surface area contributed by atoms with Crippen LogP contribution in [0.2, 0.25) is 10.0 Å². The van der Waals surface area contributed by atoms with Crippen LogP contribution in [0.5, 0.6) is 0 Å². The smallest absolute Gasteiger partial charge is 0.0637 e. The fourth-order valence-electron chi connectivity index (χ4n) is 1.92. The van der Waals surface area contributed by atoms with Crippen LogP contribution in [-0.2, 0) is 6.54 Å². The molecule has 0 unspecified atom stereocenters. The highest BCUT2D eigenvalue weighted by Crippen LogP contribution is 2.26. The average molecular weight is 294 g/mol. The summed E-state index contributed by atoms with van der Waals surface area (Å²) in [6, 6.07) is 14.5.